The Hall–Kier alpha value is -1.34. The van der Waals surface area contributed by atoms with Crippen LogP contribution in [0, 0.1) is 0 Å². The molecule has 1 heteroatoms. The van der Waals surface area contributed by atoms with Gasteiger partial charge in [0.05, 0.1) is 0 Å². The number of rotatable bonds is 3. The Labute approximate surface area is 97.9 Å². The first-order valence-electron chi connectivity index (χ1n) is 5.97. The smallest absolute Gasteiger partial charge is 0.0139 e. The SMILES string of the molecule is C=CCC1C/C(=C/c2ccccc2)CCN1. The second-order valence-corrected chi connectivity index (χ2v) is 4.34. The molecule has 1 heterocycles. The summed E-state index contributed by atoms with van der Waals surface area (Å²) in [6.07, 6.45) is 7.72. The molecule has 0 aliphatic carbocycles. The van der Waals surface area contributed by atoms with Gasteiger partial charge in [0.25, 0.3) is 0 Å². The van der Waals surface area contributed by atoms with Gasteiger partial charge < -0.3 is 5.32 Å². The van der Waals surface area contributed by atoms with Crippen LogP contribution in [0.4, 0.5) is 0 Å². The summed E-state index contributed by atoms with van der Waals surface area (Å²) in [5, 5.41) is 3.52. The van der Waals surface area contributed by atoms with E-state index in [9.17, 15) is 0 Å². The zero-order valence-corrected chi connectivity index (χ0v) is 9.65. The maximum Gasteiger partial charge on any atom is 0.0139 e. The van der Waals surface area contributed by atoms with Gasteiger partial charge in [-0.1, -0.05) is 48.1 Å². The minimum absolute atomic E-state index is 0.584. The van der Waals surface area contributed by atoms with Crippen molar-refractivity contribution in [3.8, 4) is 0 Å². The zero-order chi connectivity index (χ0) is 11.2. The number of piperidine rings is 1. The van der Waals surface area contributed by atoms with Gasteiger partial charge in [0.15, 0.2) is 0 Å². The van der Waals surface area contributed by atoms with Crippen LogP contribution in [0.2, 0.25) is 0 Å². The van der Waals surface area contributed by atoms with E-state index >= 15 is 0 Å². The second-order valence-electron chi connectivity index (χ2n) is 4.34. The number of nitrogens with one attached hydrogen (secondary N) is 1. The average molecular weight is 213 g/mol. The average Bonchev–Trinajstić information content (AvgIpc) is 2.31. The molecule has 1 aromatic rings. The first-order chi connectivity index (χ1) is 7.88. The fraction of sp³-hybridized carbons (Fsp3) is 0.333. The van der Waals surface area contributed by atoms with Gasteiger partial charge in [-0.15, -0.1) is 6.58 Å². The van der Waals surface area contributed by atoms with Gasteiger partial charge >= 0.3 is 0 Å². The van der Waals surface area contributed by atoms with E-state index in [2.05, 4.69) is 48.3 Å². The Morgan fingerprint density at radius 1 is 1.31 bits per heavy atom. The fourth-order valence-electron chi connectivity index (χ4n) is 2.21. The van der Waals surface area contributed by atoms with Crippen LogP contribution in [0.5, 0.6) is 0 Å². The quantitative estimate of drug-likeness (QED) is 0.759. The largest absolute Gasteiger partial charge is 0.313 e. The van der Waals surface area contributed by atoms with Crippen LogP contribution in [0.25, 0.3) is 6.08 Å². The molecule has 0 spiro atoms. The van der Waals surface area contributed by atoms with Crippen LogP contribution in [0.15, 0.2) is 48.6 Å². The lowest BCUT2D eigenvalue weighted by Gasteiger charge is -2.25. The Bertz CT molecular complexity index is 364. The first-order valence-corrected chi connectivity index (χ1v) is 5.97. The number of hydrogen-bond acceptors (Lipinski definition) is 1. The lowest BCUT2D eigenvalue weighted by Crippen LogP contribution is -2.34. The summed E-state index contributed by atoms with van der Waals surface area (Å²) >= 11 is 0. The highest BCUT2D eigenvalue weighted by Crippen LogP contribution is 2.20. The molecule has 1 aromatic carbocycles. The normalized spacial score (nSPS) is 23.2. The van der Waals surface area contributed by atoms with Gasteiger partial charge in [0.2, 0.25) is 0 Å². The van der Waals surface area contributed by atoms with E-state index < -0.39 is 0 Å². The molecule has 1 aliphatic heterocycles. The Morgan fingerprint density at radius 2 is 2.12 bits per heavy atom. The number of benzene rings is 1. The molecule has 0 amide bonds. The zero-order valence-electron chi connectivity index (χ0n) is 9.65. The lowest BCUT2D eigenvalue weighted by atomic mass is 9.95. The van der Waals surface area contributed by atoms with E-state index in [1.165, 1.54) is 12.0 Å². The summed E-state index contributed by atoms with van der Waals surface area (Å²) in [6.45, 7) is 4.90. The van der Waals surface area contributed by atoms with Crippen LogP contribution in [-0.4, -0.2) is 12.6 Å². The highest BCUT2D eigenvalue weighted by Gasteiger charge is 2.14. The standard InChI is InChI=1S/C15H19N/c1-2-6-15-12-14(9-10-16-15)11-13-7-4-3-5-8-13/h2-5,7-8,11,15-16H,1,6,9-10,12H2/b14-11+. The Kier molecular flexibility index (Phi) is 3.95. The number of hydrogen-bond donors (Lipinski definition) is 1. The molecule has 2 rings (SSSR count). The predicted molar refractivity (Wildman–Crippen MR) is 70.3 cm³/mol. The third-order valence-corrected chi connectivity index (χ3v) is 3.01. The van der Waals surface area contributed by atoms with Crippen LogP contribution in [-0.2, 0) is 0 Å². The van der Waals surface area contributed by atoms with Crippen LogP contribution in [0.3, 0.4) is 0 Å². The molecular weight excluding hydrogens is 194 g/mol. The van der Waals surface area contributed by atoms with E-state index in [-0.39, 0.29) is 0 Å². The van der Waals surface area contributed by atoms with Crippen molar-refractivity contribution in [2.75, 3.05) is 6.54 Å². The van der Waals surface area contributed by atoms with Gasteiger partial charge in [-0.3, -0.25) is 0 Å². The summed E-state index contributed by atoms with van der Waals surface area (Å²) in [7, 11) is 0. The van der Waals surface area contributed by atoms with Crippen molar-refractivity contribution >= 4 is 6.08 Å². The molecule has 84 valence electrons. The second kappa shape index (κ2) is 5.66. The molecule has 0 radical (unpaired) electrons. The lowest BCUT2D eigenvalue weighted by molar-refractivity contribution is 0.468. The van der Waals surface area contributed by atoms with Crippen molar-refractivity contribution in [2.45, 2.75) is 25.3 Å². The van der Waals surface area contributed by atoms with Gasteiger partial charge in [-0.2, -0.15) is 0 Å². The monoisotopic (exact) mass is 213 g/mol. The molecule has 1 saturated heterocycles. The minimum atomic E-state index is 0.584. The molecule has 0 aromatic heterocycles. The molecular formula is C15H19N. The van der Waals surface area contributed by atoms with Crippen molar-refractivity contribution in [1.29, 1.82) is 0 Å². The van der Waals surface area contributed by atoms with Crippen LogP contribution >= 0.6 is 0 Å². The van der Waals surface area contributed by atoms with E-state index in [1.807, 2.05) is 6.08 Å². The Morgan fingerprint density at radius 3 is 2.88 bits per heavy atom. The molecule has 1 nitrogen and oxygen atoms in total. The van der Waals surface area contributed by atoms with Gasteiger partial charge in [0, 0.05) is 6.04 Å². The van der Waals surface area contributed by atoms with E-state index in [0.717, 1.165) is 19.4 Å². The maximum atomic E-state index is 3.80. The van der Waals surface area contributed by atoms with Gasteiger partial charge in [-0.25, -0.2) is 0 Å². The van der Waals surface area contributed by atoms with Crippen molar-refractivity contribution < 1.29 is 0 Å². The highest BCUT2D eigenvalue weighted by atomic mass is 14.9. The van der Waals surface area contributed by atoms with Gasteiger partial charge in [0.1, 0.15) is 0 Å². The summed E-state index contributed by atoms with van der Waals surface area (Å²) in [5.41, 5.74) is 2.87. The van der Waals surface area contributed by atoms with Crippen molar-refractivity contribution in [1.82, 2.24) is 5.32 Å². The molecule has 0 saturated carbocycles. The minimum Gasteiger partial charge on any atom is -0.313 e. The molecule has 1 aliphatic rings. The summed E-state index contributed by atoms with van der Waals surface area (Å²) in [4.78, 5) is 0. The van der Waals surface area contributed by atoms with E-state index in [0.29, 0.717) is 6.04 Å². The summed E-state index contributed by atoms with van der Waals surface area (Å²) in [6, 6.07) is 11.2. The van der Waals surface area contributed by atoms with Crippen LogP contribution in [0.1, 0.15) is 24.8 Å². The van der Waals surface area contributed by atoms with Crippen molar-refractivity contribution in [3.63, 3.8) is 0 Å². The topological polar surface area (TPSA) is 12.0 Å². The molecule has 1 unspecified atom stereocenters. The predicted octanol–water partition coefficient (Wildman–Crippen LogP) is 3.40. The Balaban J connectivity index is 2.04. The fourth-order valence-corrected chi connectivity index (χ4v) is 2.21. The summed E-state index contributed by atoms with van der Waals surface area (Å²) < 4.78 is 0. The highest BCUT2D eigenvalue weighted by molar-refractivity contribution is 5.53. The third kappa shape index (κ3) is 3.07. The molecule has 0 bridgehead atoms. The van der Waals surface area contributed by atoms with E-state index in [1.54, 1.807) is 5.57 Å². The third-order valence-electron chi connectivity index (χ3n) is 3.01. The van der Waals surface area contributed by atoms with Crippen molar-refractivity contribution in [2.24, 2.45) is 0 Å². The van der Waals surface area contributed by atoms with Gasteiger partial charge in [-0.05, 0) is 31.4 Å². The van der Waals surface area contributed by atoms with Crippen molar-refractivity contribution in [3.05, 3.63) is 54.1 Å². The molecule has 16 heavy (non-hydrogen) atoms. The first kappa shape index (κ1) is 11.2. The molecule has 1 fully saturated rings. The molecule has 1 N–H and O–H groups in total. The molecule has 1 atom stereocenters. The van der Waals surface area contributed by atoms with Crippen LogP contribution < -0.4 is 5.32 Å². The summed E-state index contributed by atoms with van der Waals surface area (Å²) in [5.74, 6) is 0. The van der Waals surface area contributed by atoms with E-state index in [4.69, 9.17) is 0 Å². The maximum absolute atomic E-state index is 3.80.